The van der Waals surface area contributed by atoms with E-state index in [1.54, 1.807) is 24.3 Å². The van der Waals surface area contributed by atoms with Gasteiger partial charge in [-0.1, -0.05) is 11.6 Å². The van der Waals surface area contributed by atoms with Gasteiger partial charge in [0.2, 0.25) is 0 Å². The molecular formula is C18H21Cl2N5O2. The minimum atomic E-state index is -0.496. The summed E-state index contributed by atoms with van der Waals surface area (Å²) in [5, 5.41) is 9.56. The van der Waals surface area contributed by atoms with E-state index in [2.05, 4.69) is 32.8 Å². The fourth-order valence-corrected chi connectivity index (χ4v) is 3.04. The van der Waals surface area contributed by atoms with E-state index < -0.39 is 11.8 Å². The molecule has 1 fully saturated rings. The first-order chi connectivity index (χ1) is 12.5. The Morgan fingerprint density at radius 3 is 2.37 bits per heavy atom. The van der Waals surface area contributed by atoms with E-state index in [1.807, 2.05) is 0 Å². The van der Waals surface area contributed by atoms with E-state index in [0.29, 0.717) is 16.8 Å². The average Bonchev–Trinajstić information content (AvgIpc) is 2.63. The van der Waals surface area contributed by atoms with Crippen LogP contribution in [-0.4, -0.2) is 40.4 Å². The summed E-state index contributed by atoms with van der Waals surface area (Å²) in [5.74, 6) is -0.886. The predicted molar refractivity (Wildman–Crippen MR) is 107 cm³/mol. The minimum Gasteiger partial charge on any atom is -0.348 e. The van der Waals surface area contributed by atoms with Crippen molar-refractivity contribution in [2.45, 2.75) is 31.8 Å². The first kappa shape index (κ1) is 21.1. The number of anilines is 1. The monoisotopic (exact) mass is 409 g/mol. The summed E-state index contributed by atoms with van der Waals surface area (Å²) in [4.78, 5) is 33.3. The van der Waals surface area contributed by atoms with Gasteiger partial charge in [0.15, 0.2) is 11.4 Å². The Kier molecular flexibility index (Phi) is 7.53. The van der Waals surface area contributed by atoms with Crippen LogP contribution in [0, 0.1) is 0 Å². The molecule has 2 amide bonds. The predicted octanol–water partition coefficient (Wildman–Crippen LogP) is 2.67. The molecule has 0 radical (unpaired) electrons. The van der Waals surface area contributed by atoms with Crippen LogP contribution < -0.4 is 16.0 Å². The van der Waals surface area contributed by atoms with E-state index in [4.69, 9.17) is 11.6 Å². The molecule has 27 heavy (non-hydrogen) atoms. The van der Waals surface area contributed by atoms with E-state index in [-0.39, 0.29) is 29.8 Å². The number of nitrogens with zero attached hydrogens (tertiary/aromatic N) is 2. The van der Waals surface area contributed by atoms with Gasteiger partial charge in [-0.15, -0.1) is 12.4 Å². The Labute approximate surface area is 168 Å². The maximum absolute atomic E-state index is 12.6. The number of halogens is 2. The number of hydrogen-bond donors (Lipinski definition) is 3. The Hall–Kier alpha value is -2.22. The second-order valence-electron chi connectivity index (χ2n) is 6.26. The van der Waals surface area contributed by atoms with Crippen LogP contribution in [0.4, 0.5) is 5.69 Å². The van der Waals surface area contributed by atoms with Crippen LogP contribution in [0.25, 0.3) is 0 Å². The third kappa shape index (κ3) is 5.63. The number of carbonyl (C=O) groups is 2. The Morgan fingerprint density at radius 1 is 1.11 bits per heavy atom. The number of rotatable bonds is 4. The zero-order chi connectivity index (χ0) is 18.5. The molecule has 0 saturated carbocycles. The van der Waals surface area contributed by atoms with Crippen LogP contribution >= 0.6 is 24.0 Å². The second-order valence-corrected chi connectivity index (χ2v) is 6.70. The summed E-state index contributed by atoms with van der Waals surface area (Å²) in [6.07, 6.45) is 4.46. The SMILES string of the molecule is CC1CC(NC(=O)c2nccnc2C(=O)Nc2ccc(Cl)cc2)CCN1.Cl. The van der Waals surface area contributed by atoms with Crippen LogP contribution in [0.15, 0.2) is 36.7 Å². The van der Waals surface area contributed by atoms with Crippen molar-refractivity contribution in [2.24, 2.45) is 0 Å². The third-order valence-corrected chi connectivity index (χ3v) is 4.44. The van der Waals surface area contributed by atoms with Crippen LogP contribution in [-0.2, 0) is 0 Å². The number of nitrogens with one attached hydrogen (secondary N) is 3. The van der Waals surface area contributed by atoms with E-state index in [9.17, 15) is 9.59 Å². The molecule has 2 unspecified atom stereocenters. The Balaban J connectivity index is 0.00000261. The highest BCUT2D eigenvalue weighted by Crippen LogP contribution is 2.15. The summed E-state index contributed by atoms with van der Waals surface area (Å²) in [7, 11) is 0. The molecule has 9 heteroatoms. The van der Waals surface area contributed by atoms with Crippen molar-refractivity contribution in [1.29, 1.82) is 0 Å². The number of piperidine rings is 1. The number of hydrogen-bond acceptors (Lipinski definition) is 5. The Morgan fingerprint density at radius 2 is 1.74 bits per heavy atom. The quantitative estimate of drug-likeness (QED) is 0.721. The summed E-state index contributed by atoms with van der Waals surface area (Å²) in [6, 6.07) is 7.07. The number of amides is 2. The highest BCUT2D eigenvalue weighted by Gasteiger charge is 2.25. The zero-order valence-corrected chi connectivity index (χ0v) is 16.3. The van der Waals surface area contributed by atoms with Crippen molar-refractivity contribution < 1.29 is 9.59 Å². The van der Waals surface area contributed by atoms with Crippen molar-refractivity contribution in [3.8, 4) is 0 Å². The standard InChI is InChI=1S/C18H20ClN5O2.ClH/c1-11-10-14(6-7-20-11)24-18(26)16-15(21-8-9-22-16)17(25)23-13-4-2-12(19)3-5-13;/h2-5,8-9,11,14,20H,6-7,10H2,1H3,(H,23,25)(H,24,26);1H. The molecule has 3 rings (SSSR count). The Bertz CT molecular complexity index is 801. The fraction of sp³-hybridized carbons (Fsp3) is 0.333. The molecule has 0 spiro atoms. The van der Waals surface area contributed by atoms with E-state index >= 15 is 0 Å². The van der Waals surface area contributed by atoms with Gasteiger partial charge in [0, 0.05) is 35.2 Å². The third-order valence-electron chi connectivity index (χ3n) is 4.19. The first-order valence-electron chi connectivity index (χ1n) is 8.45. The van der Waals surface area contributed by atoms with Gasteiger partial charge in [-0.25, -0.2) is 9.97 Å². The van der Waals surface area contributed by atoms with Crippen LogP contribution in [0.1, 0.15) is 40.7 Å². The van der Waals surface area contributed by atoms with Crippen LogP contribution in [0.5, 0.6) is 0 Å². The van der Waals surface area contributed by atoms with Crippen LogP contribution in [0.3, 0.4) is 0 Å². The highest BCUT2D eigenvalue weighted by atomic mass is 35.5. The molecule has 0 aliphatic carbocycles. The van der Waals surface area contributed by atoms with Crippen molar-refractivity contribution in [1.82, 2.24) is 20.6 Å². The number of carbonyl (C=O) groups excluding carboxylic acids is 2. The smallest absolute Gasteiger partial charge is 0.276 e. The number of aromatic nitrogens is 2. The molecule has 3 N–H and O–H groups in total. The molecule has 1 aromatic carbocycles. The molecule has 1 aliphatic heterocycles. The topological polar surface area (TPSA) is 96.0 Å². The van der Waals surface area contributed by atoms with Crippen molar-refractivity contribution in [3.05, 3.63) is 53.1 Å². The molecule has 1 aliphatic rings. The molecule has 2 heterocycles. The summed E-state index contributed by atoms with van der Waals surface area (Å²) in [5.41, 5.74) is 0.565. The van der Waals surface area contributed by atoms with Crippen molar-refractivity contribution >= 4 is 41.5 Å². The maximum Gasteiger partial charge on any atom is 0.276 e. The van der Waals surface area contributed by atoms with Gasteiger partial charge in [-0.2, -0.15) is 0 Å². The van der Waals surface area contributed by atoms with Crippen LogP contribution in [0.2, 0.25) is 5.02 Å². The lowest BCUT2D eigenvalue weighted by molar-refractivity contribution is 0.0908. The van der Waals surface area contributed by atoms with Gasteiger partial charge in [0.1, 0.15) is 0 Å². The molecule has 2 aromatic rings. The fourth-order valence-electron chi connectivity index (χ4n) is 2.91. The van der Waals surface area contributed by atoms with Gasteiger partial charge in [-0.3, -0.25) is 9.59 Å². The van der Waals surface area contributed by atoms with Gasteiger partial charge < -0.3 is 16.0 Å². The lowest BCUT2D eigenvalue weighted by Gasteiger charge is -2.28. The first-order valence-corrected chi connectivity index (χ1v) is 8.83. The molecule has 144 valence electrons. The summed E-state index contributed by atoms with van der Waals surface area (Å²) >= 11 is 5.84. The zero-order valence-electron chi connectivity index (χ0n) is 14.7. The molecule has 2 atom stereocenters. The molecular weight excluding hydrogens is 389 g/mol. The van der Waals surface area contributed by atoms with Gasteiger partial charge in [-0.05, 0) is 50.6 Å². The summed E-state index contributed by atoms with van der Waals surface area (Å²) < 4.78 is 0. The minimum absolute atomic E-state index is 0. The molecule has 1 saturated heterocycles. The summed E-state index contributed by atoms with van der Waals surface area (Å²) in [6.45, 7) is 2.92. The lowest BCUT2D eigenvalue weighted by Crippen LogP contribution is -2.47. The molecule has 0 bridgehead atoms. The van der Waals surface area contributed by atoms with E-state index in [0.717, 1.165) is 19.4 Å². The number of benzene rings is 1. The largest absolute Gasteiger partial charge is 0.348 e. The van der Waals surface area contributed by atoms with Gasteiger partial charge >= 0.3 is 0 Å². The van der Waals surface area contributed by atoms with Gasteiger partial charge in [0.25, 0.3) is 11.8 Å². The second kappa shape index (κ2) is 9.64. The maximum atomic E-state index is 12.6. The van der Waals surface area contributed by atoms with Crippen molar-refractivity contribution in [3.63, 3.8) is 0 Å². The van der Waals surface area contributed by atoms with E-state index in [1.165, 1.54) is 12.4 Å². The van der Waals surface area contributed by atoms with Gasteiger partial charge in [0.05, 0.1) is 0 Å². The average molecular weight is 410 g/mol. The highest BCUT2D eigenvalue weighted by molar-refractivity contribution is 6.30. The molecule has 7 nitrogen and oxygen atoms in total. The van der Waals surface area contributed by atoms with Crippen molar-refractivity contribution in [2.75, 3.05) is 11.9 Å². The molecule has 1 aromatic heterocycles. The normalized spacial score (nSPS) is 18.9. The lowest BCUT2D eigenvalue weighted by atomic mass is 10.0.